The molecule has 0 aromatic rings. The van der Waals surface area contributed by atoms with Gasteiger partial charge in [0.15, 0.2) is 0 Å². The molecule has 0 aliphatic rings. The molecule has 110 valence electrons. The van der Waals surface area contributed by atoms with E-state index in [0.717, 1.165) is 0 Å². The molecule has 0 spiro atoms. The third kappa shape index (κ3) is 9.01. The Morgan fingerprint density at radius 3 is 2.53 bits per heavy atom. The fourth-order valence-corrected chi connectivity index (χ4v) is 1.58. The van der Waals surface area contributed by atoms with E-state index in [1.54, 1.807) is 18.9 Å². The summed E-state index contributed by atoms with van der Waals surface area (Å²) in [5.41, 5.74) is 0. The first-order chi connectivity index (χ1) is 8.86. The Hall–Kier alpha value is -1.63. The molecule has 0 bridgehead atoms. The lowest BCUT2D eigenvalue weighted by atomic mass is 10.2. The molecule has 0 aromatic carbocycles. The molecule has 2 N–H and O–H groups in total. The normalized spacial score (nSPS) is 12.0. The summed E-state index contributed by atoms with van der Waals surface area (Å²) in [5.74, 6) is -1.67. The van der Waals surface area contributed by atoms with Crippen molar-refractivity contribution in [2.24, 2.45) is 5.92 Å². The third-order valence-corrected chi connectivity index (χ3v) is 2.49. The first-order valence-electron chi connectivity index (χ1n) is 6.11. The summed E-state index contributed by atoms with van der Waals surface area (Å²) in [6.07, 6.45) is 0.443. The van der Waals surface area contributed by atoms with Crippen molar-refractivity contribution < 1.29 is 24.2 Å². The second kappa shape index (κ2) is 9.32. The van der Waals surface area contributed by atoms with E-state index in [-0.39, 0.29) is 30.8 Å². The van der Waals surface area contributed by atoms with Crippen LogP contribution in [0.1, 0.15) is 19.8 Å². The number of esters is 1. The highest BCUT2D eigenvalue weighted by Gasteiger charge is 2.16. The topological polar surface area (TPSA) is 95.9 Å². The zero-order chi connectivity index (χ0) is 14.8. The van der Waals surface area contributed by atoms with Gasteiger partial charge in [0.25, 0.3) is 0 Å². The summed E-state index contributed by atoms with van der Waals surface area (Å²) in [6.45, 7) is 2.66. The van der Waals surface area contributed by atoms with E-state index in [1.165, 1.54) is 7.11 Å². The number of amides is 1. The number of carbonyl (C=O) groups excluding carboxylic acids is 2. The summed E-state index contributed by atoms with van der Waals surface area (Å²) >= 11 is 0. The maximum atomic E-state index is 11.5. The Balaban J connectivity index is 3.80. The van der Waals surface area contributed by atoms with Crippen molar-refractivity contribution in [3.05, 3.63) is 0 Å². The number of nitrogens with zero attached hydrogens (tertiary/aromatic N) is 1. The van der Waals surface area contributed by atoms with Crippen LogP contribution < -0.4 is 5.32 Å². The standard InChI is InChI=1S/C12H22N2O5/c1-9(12(18)19-3)7-14(2)8-10(15)13-6-4-5-11(16)17/h9H,4-8H2,1-3H3,(H,13,15)(H,16,17). The fraction of sp³-hybridized carbons (Fsp3) is 0.750. The third-order valence-electron chi connectivity index (χ3n) is 2.49. The van der Waals surface area contributed by atoms with Gasteiger partial charge in [0.05, 0.1) is 19.6 Å². The lowest BCUT2D eigenvalue weighted by Crippen LogP contribution is -2.38. The van der Waals surface area contributed by atoms with Crippen LogP contribution in [0.4, 0.5) is 0 Å². The molecule has 0 aliphatic heterocycles. The van der Waals surface area contributed by atoms with Gasteiger partial charge in [0, 0.05) is 19.5 Å². The Labute approximate surface area is 112 Å². The van der Waals surface area contributed by atoms with Gasteiger partial charge in [-0.05, 0) is 13.5 Å². The Kier molecular flexibility index (Phi) is 8.52. The number of likely N-dealkylation sites (N-methyl/N-ethyl adjacent to an activating group) is 1. The molecule has 0 rings (SSSR count). The number of aliphatic carboxylic acids is 1. The molecule has 1 amide bonds. The number of hydrogen-bond donors (Lipinski definition) is 2. The molecule has 0 heterocycles. The highest BCUT2D eigenvalue weighted by molar-refractivity contribution is 5.78. The summed E-state index contributed by atoms with van der Waals surface area (Å²) < 4.78 is 4.60. The molecule has 0 radical (unpaired) electrons. The average Bonchev–Trinajstić information content (AvgIpc) is 2.33. The van der Waals surface area contributed by atoms with Gasteiger partial charge >= 0.3 is 11.9 Å². The van der Waals surface area contributed by atoms with Crippen molar-refractivity contribution in [2.75, 3.05) is 33.8 Å². The smallest absolute Gasteiger partial charge is 0.309 e. The number of carbonyl (C=O) groups is 3. The Morgan fingerprint density at radius 1 is 1.37 bits per heavy atom. The van der Waals surface area contributed by atoms with Crippen molar-refractivity contribution in [3.8, 4) is 0 Å². The quantitative estimate of drug-likeness (QED) is 0.443. The zero-order valence-corrected chi connectivity index (χ0v) is 11.6. The van der Waals surface area contributed by atoms with Gasteiger partial charge in [0.2, 0.25) is 5.91 Å². The second-order valence-electron chi connectivity index (χ2n) is 4.47. The van der Waals surface area contributed by atoms with Gasteiger partial charge in [-0.3, -0.25) is 19.3 Å². The Bertz CT molecular complexity index is 319. The zero-order valence-electron chi connectivity index (χ0n) is 11.6. The minimum atomic E-state index is -0.877. The highest BCUT2D eigenvalue weighted by atomic mass is 16.5. The van der Waals surface area contributed by atoms with Crippen LogP contribution in [0.25, 0.3) is 0 Å². The number of rotatable bonds is 9. The van der Waals surface area contributed by atoms with E-state index in [4.69, 9.17) is 5.11 Å². The molecular formula is C12H22N2O5. The van der Waals surface area contributed by atoms with E-state index in [2.05, 4.69) is 10.1 Å². The number of carboxylic acids is 1. The van der Waals surface area contributed by atoms with E-state index in [9.17, 15) is 14.4 Å². The van der Waals surface area contributed by atoms with Gasteiger partial charge in [-0.25, -0.2) is 0 Å². The molecule has 1 atom stereocenters. The molecular weight excluding hydrogens is 252 g/mol. The largest absolute Gasteiger partial charge is 0.481 e. The van der Waals surface area contributed by atoms with Crippen molar-refractivity contribution in [3.63, 3.8) is 0 Å². The molecule has 7 heteroatoms. The van der Waals surface area contributed by atoms with E-state index in [1.807, 2.05) is 0 Å². The van der Waals surface area contributed by atoms with Crippen LogP contribution in [0.15, 0.2) is 0 Å². The van der Waals surface area contributed by atoms with Gasteiger partial charge < -0.3 is 15.2 Å². The van der Waals surface area contributed by atoms with E-state index < -0.39 is 5.97 Å². The van der Waals surface area contributed by atoms with Crippen LogP contribution >= 0.6 is 0 Å². The van der Waals surface area contributed by atoms with Gasteiger partial charge in [-0.1, -0.05) is 6.92 Å². The van der Waals surface area contributed by atoms with Gasteiger partial charge in [0.1, 0.15) is 0 Å². The number of nitrogens with one attached hydrogen (secondary N) is 1. The number of methoxy groups -OCH3 is 1. The lowest BCUT2D eigenvalue weighted by molar-refractivity contribution is -0.145. The molecule has 0 aliphatic carbocycles. The predicted octanol–water partition coefficient (Wildman–Crippen LogP) is -0.292. The number of carboxylic acid groups (broad SMARTS) is 1. The SMILES string of the molecule is COC(=O)C(C)CN(C)CC(=O)NCCCC(=O)O. The maximum absolute atomic E-state index is 11.5. The Morgan fingerprint density at radius 2 is 2.00 bits per heavy atom. The maximum Gasteiger partial charge on any atom is 0.309 e. The van der Waals surface area contributed by atoms with Gasteiger partial charge in [-0.15, -0.1) is 0 Å². The van der Waals surface area contributed by atoms with Crippen LogP contribution in [0.5, 0.6) is 0 Å². The van der Waals surface area contributed by atoms with Crippen LogP contribution in [-0.2, 0) is 19.1 Å². The molecule has 0 saturated carbocycles. The average molecular weight is 274 g/mol. The van der Waals surface area contributed by atoms with E-state index >= 15 is 0 Å². The van der Waals surface area contributed by atoms with Gasteiger partial charge in [-0.2, -0.15) is 0 Å². The summed E-state index contributed by atoms with van der Waals surface area (Å²) in [4.78, 5) is 34.7. The summed E-state index contributed by atoms with van der Waals surface area (Å²) in [5, 5.41) is 11.1. The minimum absolute atomic E-state index is 0.0372. The lowest BCUT2D eigenvalue weighted by Gasteiger charge is -2.19. The molecule has 0 saturated heterocycles. The second-order valence-corrected chi connectivity index (χ2v) is 4.47. The fourth-order valence-electron chi connectivity index (χ4n) is 1.58. The van der Waals surface area contributed by atoms with Crippen LogP contribution in [0, 0.1) is 5.92 Å². The van der Waals surface area contributed by atoms with E-state index in [0.29, 0.717) is 19.5 Å². The van der Waals surface area contributed by atoms with Crippen LogP contribution in [-0.4, -0.2) is 61.6 Å². The van der Waals surface area contributed by atoms with Crippen molar-refractivity contribution in [1.29, 1.82) is 0 Å². The minimum Gasteiger partial charge on any atom is -0.481 e. The molecule has 1 unspecified atom stereocenters. The summed E-state index contributed by atoms with van der Waals surface area (Å²) in [6, 6.07) is 0. The first kappa shape index (κ1) is 17.4. The number of ether oxygens (including phenoxy) is 1. The van der Waals surface area contributed by atoms with Crippen LogP contribution in [0.3, 0.4) is 0 Å². The molecule has 0 aromatic heterocycles. The monoisotopic (exact) mass is 274 g/mol. The van der Waals surface area contributed by atoms with Crippen molar-refractivity contribution in [2.45, 2.75) is 19.8 Å². The van der Waals surface area contributed by atoms with Crippen LogP contribution in [0.2, 0.25) is 0 Å². The van der Waals surface area contributed by atoms with Crippen molar-refractivity contribution in [1.82, 2.24) is 10.2 Å². The molecule has 0 fully saturated rings. The predicted molar refractivity (Wildman–Crippen MR) is 68.6 cm³/mol. The number of hydrogen-bond acceptors (Lipinski definition) is 5. The summed E-state index contributed by atoms with van der Waals surface area (Å²) in [7, 11) is 3.06. The highest BCUT2D eigenvalue weighted by Crippen LogP contribution is 2.00. The first-order valence-corrected chi connectivity index (χ1v) is 6.11. The van der Waals surface area contributed by atoms with Crippen molar-refractivity contribution >= 4 is 17.8 Å². The molecule has 19 heavy (non-hydrogen) atoms. The molecule has 7 nitrogen and oxygen atoms in total.